The Kier molecular flexibility index (Phi) is 3.16. The van der Waals surface area contributed by atoms with E-state index in [1.165, 1.54) is 13.0 Å². The molecule has 70 valence electrons. The third kappa shape index (κ3) is 2.67. The first-order valence-corrected chi connectivity index (χ1v) is 5.53. The summed E-state index contributed by atoms with van der Waals surface area (Å²) in [5.74, 6) is 1.97. The van der Waals surface area contributed by atoms with E-state index in [1.54, 1.807) is 24.2 Å². The molecule has 1 aliphatic heterocycles. The van der Waals surface area contributed by atoms with Crippen molar-refractivity contribution in [3.8, 4) is 0 Å². The minimum absolute atomic E-state index is 0.812. The van der Waals surface area contributed by atoms with Gasteiger partial charge in [-0.3, -0.25) is 4.98 Å². The van der Waals surface area contributed by atoms with Gasteiger partial charge in [-0.1, -0.05) is 0 Å². The highest BCUT2D eigenvalue weighted by Gasteiger charge is 2.14. The van der Waals surface area contributed by atoms with E-state index in [9.17, 15) is 0 Å². The van der Waals surface area contributed by atoms with Gasteiger partial charge in [-0.2, -0.15) is 0 Å². The minimum Gasteiger partial charge on any atom is -0.316 e. The Labute approximate surface area is 82.4 Å². The fourth-order valence-electron chi connectivity index (χ4n) is 1.42. The summed E-state index contributed by atoms with van der Waals surface area (Å²) in [6, 6.07) is 0. The SMILES string of the molecule is c1cnc(SC[C@@H]2CCNC2)cn1. The standard InChI is InChI=1S/C9H13N3S/c1-2-10-5-8(1)7-13-9-6-11-3-4-12-9/h3-4,6,8,10H,1-2,5,7H2/t8-/m1/s1. The lowest BCUT2D eigenvalue weighted by molar-refractivity contribution is 0.662. The Hall–Kier alpha value is -0.610. The molecule has 0 bridgehead atoms. The van der Waals surface area contributed by atoms with Crippen LogP contribution in [0.5, 0.6) is 0 Å². The summed E-state index contributed by atoms with van der Waals surface area (Å²) in [4.78, 5) is 8.25. The van der Waals surface area contributed by atoms with Crippen LogP contribution in [0.3, 0.4) is 0 Å². The fraction of sp³-hybridized carbons (Fsp3) is 0.556. The van der Waals surface area contributed by atoms with E-state index in [1.807, 2.05) is 6.20 Å². The van der Waals surface area contributed by atoms with E-state index in [4.69, 9.17) is 0 Å². The number of rotatable bonds is 3. The Morgan fingerprint density at radius 3 is 3.23 bits per heavy atom. The molecular formula is C9H13N3S. The average Bonchev–Trinajstić information content (AvgIpc) is 2.69. The van der Waals surface area contributed by atoms with Crippen LogP contribution in [0.25, 0.3) is 0 Å². The quantitative estimate of drug-likeness (QED) is 0.735. The molecule has 0 aromatic carbocycles. The molecule has 0 saturated carbocycles. The van der Waals surface area contributed by atoms with E-state index in [2.05, 4.69) is 15.3 Å². The maximum absolute atomic E-state index is 4.22. The van der Waals surface area contributed by atoms with Gasteiger partial charge in [-0.05, 0) is 25.4 Å². The van der Waals surface area contributed by atoms with Gasteiger partial charge in [0.25, 0.3) is 0 Å². The molecule has 1 N–H and O–H groups in total. The summed E-state index contributed by atoms with van der Waals surface area (Å²) in [6.45, 7) is 2.33. The van der Waals surface area contributed by atoms with Crippen molar-refractivity contribution in [3.05, 3.63) is 18.6 Å². The van der Waals surface area contributed by atoms with Crippen LogP contribution in [0.2, 0.25) is 0 Å². The molecule has 0 spiro atoms. The van der Waals surface area contributed by atoms with E-state index in [-0.39, 0.29) is 0 Å². The van der Waals surface area contributed by atoms with Crippen molar-refractivity contribution in [2.45, 2.75) is 11.4 Å². The Morgan fingerprint density at radius 2 is 2.54 bits per heavy atom. The maximum atomic E-state index is 4.22. The van der Waals surface area contributed by atoms with Crippen molar-refractivity contribution in [1.82, 2.24) is 15.3 Å². The molecule has 4 heteroatoms. The van der Waals surface area contributed by atoms with Crippen molar-refractivity contribution in [1.29, 1.82) is 0 Å². The molecule has 13 heavy (non-hydrogen) atoms. The second kappa shape index (κ2) is 4.58. The highest BCUT2D eigenvalue weighted by molar-refractivity contribution is 7.99. The summed E-state index contributed by atoms with van der Waals surface area (Å²) in [5.41, 5.74) is 0. The van der Waals surface area contributed by atoms with Crippen molar-refractivity contribution < 1.29 is 0 Å². The van der Waals surface area contributed by atoms with Crippen LogP contribution in [-0.4, -0.2) is 28.8 Å². The van der Waals surface area contributed by atoms with Gasteiger partial charge in [-0.15, -0.1) is 11.8 Å². The molecule has 2 heterocycles. The molecule has 1 aromatic rings. The van der Waals surface area contributed by atoms with Crippen molar-refractivity contribution >= 4 is 11.8 Å². The largest absolute Gasteiger partial charge is 0.316 e. The monoisotopic (exact) mass is 195 g/mol. The second-order valence-corrected chi connectivity index (χ2v) is 4.25. The fourth-order valence-corrected chi connectivity index (χ4v) is 2.38. The molecule has 0 unspecified atom stereocenters. The zero-order valence-electron chi connectivity index (χ0n) is 7.44. The highest BCUT2D eigenvalue weighted by Crippen LogP contribution is 2.20. The van der Waals surface area contributed by atoms with Crippen LogP contribution in [-0.2, 0) is 0 Å². The van der Waals surface area contributed by atoms with Crippen LogP contribution in [0, 0.1) is 5.92 Å². The van der Waals surface area contributed by atoms with E-state index < -0.39 is 0 Å². The molecule has 1 aromatic heterocycles. The molecule has 0 radical (unpaired) electrons. The van der Waals surface area contributed by atoms with Gasteiger partial charge >= 0.3 is 0 Å². The molecule has 2 rings (SSSR count). The van der Waals surface area contributed by atoms with Crippen LogP contribution < -0.4 is 5.32 Å². The molecule has 1 aliphatic rings. The van der Waals surface area contributed by atoms with Crippen LogP contribution in [0.15, 0.2) is 23.6 Å². The zero-order valence-corrected chi connectivity index (χ0v) is 8.26. The highest BCUT2D eigenvalue weighted by atomic mass is 32.2. The summed E-state index contributed by atoms with van der Waals surface area (Å²) in [6.07, 6.45) is 6.58. The molecular weight excluding hydrogens is 182 g/mol. The van der Waals surface area contributed by atoms with Gasteiger partial charge in [0.2, 0.25) is 0 Å². The zero-order chi connectivity index (χ0) is 8.93. The van der Waals surface area contributed by atoms with E-state index in [0.717, 1.165) is 23.2 Å². The van der Waals surface area contributed by atoms with Crippen molar-refractivity contribution in [2.24, 2.45) is 5.92 Å². The molecule has 3 nitrogen and oxygen atoms in total. The predicted octanol–water partition coefficient (Wildman–Crippen LogP) is 1.18. The van der Waals surface area contributed by atoms with Crippen LogP contribution in [0.4, 0.5) is 0 Å². The lowest BCUT2D eigenvalue weighted by Gasteiger charge is -2.05. The topological polar surface area (TPSA) is 37.8 Å². The van der Waals surface area contributed by atoms with Gasteiger partial charge < -0.3 is 5.32 Å². The summed E-state index contributed by atoms with van der Waals surface area (Å²) >= 11 is 1.80. The van der Waals surface area contributed by atoms with Crippen LogP contribution >= 0.6 is 11.8 Å². The van der Waals surface area contributed by atoms with Gasteiger partial charge in [-0.25, -0.2) is 4.98 Å². The number of nitrogens with one attached hydrogen (secondary N) is 1. The third-order valence-corrected chi connectivity index (χ3v) is 3.31. The first-order valence-electron chi connectivity index (χ1n) is 4.54. The first-order chi connectivity index (χ1) is 6.45. The maximum Gasteiger partial charge on any atom is 0.114 e. The van der Waals surface area contributed by atoms with Gasteiger partial charge in [0, 0.05) is 18.1 Å². The lowest BCUT2D eigenvalue weighted by atomic mass is 10.2. The first kappa shape index (κ1) is 8.97. The Balaban J connectivity index is 1.79. The number of hydrogen-bond donors (Lipinski definition) is 1. The second-order valence-electron chi connectivity index (χ2n) is 3.21. The van der Waals surface area contributed by atoms with E-state index in [0.29, 0.717) is 0 Å². The molecule has 1 atom stereocenters. The third-order valence-electron chi connectivity index (χ3n) is 2.17. The van der Waals surface area contributed by atoms with Gasteiger partial charge in [0.15, 0.2) is 0 Å². The molecule has 0 amide bonds. The summed E-state index contributed by atoms with van der Waals surface area (Å²) in [5, 5.41) is 4.40. The number of nitrogens with zero attached hydrogens (tertiary/aromatic N) is 2. The number of hydrogen-bond acceptors (Lipinski definition) is 4. The van der Waals surface area contributed by atoms with Gasteiger partial charge in [0.1, 0.15) is 5.03 Å². The van der Waals surface area contributed by atoms with Gasteiger partial charge in [0.05, 0.1) is 6.20 Å². The smallest absolute Gasteiger partial charge is 0.114 e. The molecule has 1 saturated heterocycles. The Morgan fingerprint density at radius 1 is 1.54 bits per heavy atom. The average molecular weight is 195 g/mol. The van der Waals surface area contributed by atoms with Crippen LogP contribution in [0.1, 0.15) is 6.42 Å². The van der Waals surface area contributed by atoms with Crippen molar-refractivity contribution in [3.63, 3.8) is 0 Å². The predicted molar refractivity (Wildman–Crippen MR) is 53.7 cm³/mol. The summed E-state index contributed by atoms with van der Waals surface area (Å²) in [7, 11) is 0. The van der Waals surface area contributed by atoms with Crippen molar-refractivity contribution in [2.75, 3.05) is 18.8 Å². The molecule has 0 aliphatic carbocycles. The Bertz CT molecular complexity index is 246. The minimum atomic E-state index is 0.812. The number of thioether (sulfide) groups is 1. The lowest BCUT2D eigenvalue weighted by Crippen LogP contribution is -2.10. The summed E-state index contributed by atoms with van der Waals surface area (Å²) < 4.78 is 0. The number of aromatic nitrogens is 2. The molecule has 1 fully saturated rings. The normalized spacial score (nSPS) is 22.0. The van der Waals surface area contributed by atoms with E-state index >= 15 is 0 Å².